The van der Waals surface area contributed by atoms with E-state index in [1.54, 1.807) is 28.8 Å². The number of imidazole rings is 1. The van der Waals surface area contributed by atoms with Crippen molar-refractivity contribution >= 4 is 17.7 Å². The molecular formula is C11H10N2O2. The van der Waals surface area contributed by atoms with Crippen LogP contribution >= 0.6 is 0 Å². The zero-order valence-electron chi connectivity index (χ0n) is 8.30. The first-order chi connectivity index (χ1) is 7.27. The fraction of sp³-hybridized carbons (Fsp3) is 0.0909. The first-order valence-corrected chi connectivity index (χ1v) is 4.44. The number of esters is 1. The third-order valence-corrected chi connectivity index (χ3v) is 2.18. The molecule has 0 spiro atoms. The van der Waals surface area contributed by atoms with E-state index in [-0.39, 0.29) is 5.97 Å². The zero-order chi connectivity index (χ0) is 10.8. The molecule has 0 saturated heterocycles. The van der Waals surface area contributed by atoms with Gasteiger partial charge in [-0.2, -0.15) is 0 Å². The van der Waals surface area contributed by atoms with Gasteiger partial charge >= 0.3 is 5.97 Å². The van der Waals surface area contributed by atoms with Gasteiger partial charge in [-0.3, -0.25) is 4.40 Å². The molecule has 2 aromatic rings. The summed E-state index contributed by atoms with van der Waals surface area (Å²) in [5, 5.41) is 0. The predicted octanol–water partition coefficient (Wildman–Crippen LogP) is 1.76. The lowest BCUT2D eigenvalue weighted by Crippen LogP contribution is -2.04. The van der Waals surface area contributed by atoms with E-state index < -0.39 is 0 Å². The topological polar surface area (TPSA) is 43.6 Å². The Morgan fingerprint density at radius 3 is 3.13 bits per heavy atom. The molecule has 76 valence electrons. The molecule has 0 aliphatic rings. The van der Waals surface area contributed by atoms with Gasteiger partial charge in [0.2, 0.25) is 0 Å². The van der Waals surface area contributed by atoms with E-state index >= 15 is 0 Å². The molecule has 0 aliphatic carbocycles. The van der Waals surface area contributed by atoms with Gasteiger partial charge in [0.1, 0.15) is 5.56 Å². The molecular weight excluding hydrogens is 192 g/mol. The molecule has 2 rings (SSSR count). The first kappa shape index (κ1) is 9.45. The molecule has 0 aliphatic heterocycles. The molecule has 0 radical (unpaired) electrons. The highest BCUT2D eigenvalue weighted by Crippen LogP contribution is 2.13. The number of hydrogen-bond donors (Lipinski definition) is 0. The van der Waals surface area contributed by atoms with Gasteiger partial charge in [-0.25, -0.2) is 9.78 Å². The van der Waals surface area contributed by atoms with Crippen LogP contribution in [0.2, 0.25) is 0 Å². The number of rotatable bonds is 2. The zero-order valence-corrected chi connectivity index (χ0v) is 8.30. The Morgan fingerprint density at radius 2 is 2.47 bits per heavy atom. The van der Waals surface area contributed by atoms with Gasteiger partial charge in [-0.05, 0) is 18.2 Å². The summed E-state index contributed by atoms with van der Waals surface area (Å²) in [6.45, 7) is 3.67. The molecule has 0 unspecified atom stereocenters. The highest BCUT2D eigenvalue weighted by molar-refractivity contribution is 5.95. The third-order valence-electron chi connectivity index (χ3n) is 2.18. The van der Waals surface area contributed by atoms with Crippen LogP contribution in [0.5, 0.6) is 0 Å². The maximum absolute atomic E-state index is 11.4. The summed E-state index contributed by atoms with van der Waals surface area (Å²) >= 11 is 0. The first-order valence-electron chi connectivity index (χ1n) is 4.44. The number of aromatic nitrogens is 2. The highest BCUT2D eigenvalue weighted by atomic mass is 16.5. The molecule has 4 nitrogen and oxygen atoms in total. The molecule has 2 aromatic heterocycles. The van der Waals surface area contributed by atoms with Crippen molar-refractivity contribution in [2.75, 3.05) is 7.11 Å². The molecule has 0 bridgehead atoms. The van der Waals surface area contributed by atoms with Crippen LogP contribution < -0.4 is 0 Å². The Bertz CT molecular complexity index is 528. The van der Waals surface area contributed by atoms with Crippen molar-refractivity contribution in [1.82, 2.24) is 9.38 Å². The molecule has 2 heterocycles. The van der Waals surface area contributed by atoms with Gasteiger partial charge in [0.25, 0.3) is 0 Å². The smallest absolute Gasteiger partial charge is 0.341 e. The molecule has 0 N–H and O–H groups in total. The third kappa shape index (κ3) is 1.40. The van der Waals surface area contributed by atoms with Gasteiger partial charge in [0, 0.05) is 6.20 Å². The maximum Gasteiger partial charge on any atom is 0.341 e. The Hall–Kier alpha value is -2.10. The monoisotopic (exact) mass is 202 g/mol. The van der Waals surface area contributed by atoms with Crippen molar-refractivity contribution in [3.8, 4) is 0 Å². The van der Waals surface area contributed by atoms with E-state index in [9.17, 15) is 4.79 Å². The number of hydrogen-bond acceptors (Lipinski definition) is 3. The Labute approximate surface area is 86.8 Å². The van der Waals surface area contributed by atoms with Crippen LogP contribution in [-0.4, -0.2) is 22.5 Å². The van der Waals surface area contributed by atoms with Crippen LogP contribution in [0.1, 0.15) is 16.1 Å². The van der Waals surface area contributed by atoms with E-state index in [4.69, 9.17) is 0 Å². The number of carbonyl (C=O) groups is 1. The second-order valence-corrected chi connectivity index (χ2v) is 2.99. The van der Waals surface area contributed by atoms with E-state index in [0.29, 0.717) is 11.2 Å². The van der Waals surface area contributed by atoms with E-state index in [2.05, 4.69) is 16.3 Å². The van der Waals surface area contributed by atoms with Crippen LogP contribution in [0.4, 0.5) is 0 Å². The highest BCUT2D eigenvalue weighted by Gasteiger charge is 2.12. The van der Waals surface area contributed by atoms with Crippen molar-refractivity contribution in [2.24, 2.45) is 0 Å². The molecule has 0 atom stereocenters. The molecule has 0 fully saturated rings. The Kier molecular flexibility index (Phi) is 2.25. The summed E-state index contributed by atoms with van der Waals surface area (Å²) in [5.41, 5.74) is 1.88. The average Bonchev–Trinajstić information content (AvgIpc) is 2.70. The van der Waals surface area contributed by atoms with Crippen molar-refractivity contribution in [3.63, 3.8) is 0 Å². The van der Waals surface area contributed by atoms with Gasteiger partial charge in [0.15, 0.2) is 5.65 Å². The Balaban J connectivity index is 2.72. The SMILES string of the molecule is C=Cc1cnc2c(C(=O)OC)cccn12. The number of pyridine rings is 1. The van der Waals surface area contributed by atoms with Gasteiger partial charge in [0.05, 0.1) is 19.0 Å². The van der Waals surface area contributed by atoms with Gasteiger partial charge in [-0.1, -0.05) is 6.58 Å². The molecule has 0 saturated carbocycles. The summed E-state index contributed by atoms with van der Waals surface area (Å²) in [6.07, 6.45) is 5.17. The van der Waals surface area contributed by atoms with Crippen LogP contribution in [0.25, 0.3) is 11.7 Å². The van der Waals surface area contributed by atoms with Gasteiger partial charge in [-0.15, -0.1) is 0 Å². The number of nitrogens with zero attached hydrogens (tertiary/aromatic N) is 2. The number of methoxy groups -OCH3 is 1. The standard InChI is InChI=1S/C11H10N2O2/c1-3-8-7-12-10-9(11(14)15-2)5-4-6-13(8)10/h3-7H,1H2,2H3. The molecule has 15 heavy (non-hydrogen) atoms. The number of ether oxygens (including phenoxy) is 1. The quantitative estimate of drug-likeness (QED) is 0.697. The van der Waals surface area contributed by atoms with Crippen LogP contribution in [-0.2, 0) is 4.74 Å². The minimum Gasteiger partial charge on any atom is -0.465 e. The summed E-state index contributed by atoms with van der Waals surface area (Å²) in [7, 11) is 1.35. The maximum atomic E-state index is 11.4. The molecule has 4 heteroatoms. The minimum atomic E-state index is -0.387. The lowest BCUT2D eigenvalue weighted by Gasteiger charge is -2.01. The lowest BCUT2D eigenvalue weighted by atomic mass is 10.3. The number of carbonyl (C=O) groups excluding carboxylic acids is 1. The van der Waals surface area contributed by atoms with E-state index in [1.165, 1.54) is 7.11 Å². The fourth-order valence-electron chi connectivity index (χ4n) is 1.45. The molecule has 0 amide bonds. The van der Waals surface area contributed by atoms with Crippen molar-refractivity contribution in [3.05, 3.63) is 42.4 Å². The van der Waals surface area contributed by atoms with Crippen LogP contribution in [0, 0.1) is 0 Å². The van der Waals surface area contributed by atoms with Gasteiger partial charge < -0.3 is 4.74 Å². The van der Waals surface area contributed by atoms with Crippen molar-refractivity contribution < 1.29 is 9.53 Å². The van der Waals surface area contributed by atoms with Crippen LogP contribution in [0.15, 0.2) is 31.1 Å². The summed E-state index contributed by atoms with van der Waals surface area (Å²) < 4.78 is 6.46. The second-order valence-electron chi connectivity index (χ2n) is 2.99. The summed E-state index contributed by atoms with van der Waals surface area (Å²) in [5.74, 6) is -0.387. The van der Waals surface area contributed by atoms with E-state index in [1.807, 2.05) is 6.20 Å². The normalized spacial score (nSPS) is 10.2. The minimum absolute atomic E-state index is 0.387. The average molecular weight is 202 g/mol. The Morgan fingerprint density at radius 1 is 1.67 bits per heavy atom. The van der Waals surface area contributed by atoms with E-state index in [0.717, 1.165) is 5.69 Å². The predicted molar refractivity (Wildman–Crippen MR) is 56.6 cm³/mol. The van der Waals surface area contributed by atoms with Crippen LogP contribution in [0.3, 0.4) is 0 Å². The van der Waals surface area contributed by atoms with Crippen molar-refractivity contribution in [1.29, 1.82) is 0 Å². The number of fused-ring (bicyclic) bond motifs is 1. The summed E-state index contributed by atoms with van der Waals surface area (Å²) in [4.78, 5) is 15.6. The molecule has 0 aromatic carbocycles. The largest absolute Gasteiger partial charge is 0.465 e. The lowest BCUT2D eigenvalue weighted by molar-refractivity contribution is 0.0602. The van der Waals surface area contributed by atoms with Crippen molar-refractivity contribution in [2.45, 2.75) is 0 Å². The second kappa shape index (κ2) is 3.57. The fourth-order valence-corrected chi connectivity index (χ4v) is 1.45. The summed E-state index contributed by atoms with van der Waals surface area (Å²) in [6, 6.07) is 3.45.